The van der Waals surface area contributed by atoms with Gasteiger partial charge in [-0.15, -0.1) is 0 Å². The topological polar surface area (TPSA) is 9.23 Å². The van der Waals surface area contributed by atoms with Crippen molar-refractivity contribution in [2.24, 2.45) is 0 Å². The second kappa shape index (κ2) is 5.09. The van der Waals surface area contributed by atoms with E-state index in [0.717, 1.165) is 5.75 Å². The van der Waals surface area contributed by atoms with Gasteiger partial charge in [0, 0.05) is 9.30 Å². The van der Waals surface area contributed by atoms with Gasteiger partial charge in [0.1, 0.15) is 5.75 Å². The molecule has 88 valence electrons. The van der Waals surface area contributed by atoms with E-state index >= 15 is 0 Å². The Kier molecular flexibility index (Phi) is 3.96. The average Bonchev–Trinajstić information content (AvgIpc) is 2.23. The maximum atomic E-state index is 5.59. The molecule has 1 nitrogen and oxygen atoms in total. The van der Waals surface area contributed by atoms with Crippen molar-refractivity contribution in [2.75, 3.05) is 6.61 Å². The number of hydrogen-bond acceptors (Lipinski definition) is 1. The Morgan fingerprint density at radius 1 is 1.38 bits per heavy atom. The zero-order valence-corrected chi connectivity index (χ0v) is 12.8. The Bertz CT molecular complexity index is 390. The number of alkyl halides is 1. The Morgan fingerprint density at radius 3 is 2.81 bits per heavy atom. The molecule has 0 bridgehead atoms. The Morgan fingerprint density at radius 2 is 2.12 bits per heavy atom. The molecule has 3 heteroatoms. The first kappa shape index (κ1) is 12.4. The van der Waals surface area contributed by atoms with Crippen LogP contribution in [0.25, 0.3) is 0 Å². The van der Waals surface area contributed by atoms with Gasteiger partial charge in [0.05, 0.1) is 6.61 Å². The fourth-order valence-corrected chi connectivity index (χ4v) is 3.83. The fourth-order valence-electron chi connectivity index (χ4n) is 2.34. The molecule has 0 spiro atoms. The highest BCUT2D eigenvalue weighted by atomic mass is 79.9. The van der Waals surface area contributed by atoms with Gasteiger partial charge in [0.2, 0.25) is 0 Å². The molecule has 1 aliphatic rings. The molecule has 1 aromatic rings. The third-order valence-corrected chi connectivity index (χ3v) is 4.74. The fraction of sp³-hybridized carbons (Fsp3) is 0.538. The van der Waals surface area contributed by atoms with Crippen molar-refractivity contribution in [1.29, 1.82) is 0 Å². The third-order valence-electron chi connectivity index (χ3n) is 3.13. The molecule has 1 aromatic carbocycles. The van der Waals surface area contributed by atoms with E-state index in [1.807, 2.05) is 6.92 Å². The van der Waals surface area contributed by atoms with Crippen LogP contribution in [-0.4, -0.2) is 6.61 Å². The van der Waals surface area contributed by atoms with E-state index in [1.54, 1.807) is 0 Å². The number of ether oxygens (including phenoxy) is 1. The van der Waals surface area contributed by atoms with Gasteiger partial charge in [-0.2, -0.15) is 0 Å². The summed E-state index contributed by atoms with van der Waals surface area (Å²) in [7, 11) is 0. The molecule has 0 fully saturated rings. The molecule has 0 amide bonds. The number of benzene rings is 1. The lowest BCUT2D eigenvalue weighted by atomic mass is 9.84. The predicted octanol–water partition coefficient (Wildman–Crippen LogP) is 5.18. The lowest BCUT2D eigenvalue weighted by molar-refractivity contribution is 0.339. The summed E-state index contributed by atoms with van der Waals surface area (Å²) in [6, 6.07) is 4.27. The summed E-state index contributed by atoms with van der Waals surface area (Å²) < 4.78 is 6.77. The zero-order valence-electron chi connectivity index (χ0n) is 9.59. The van der Waals surface area contributed by atoms with E-state index in [0.29, 0.717) is 17.4 Å². The largest absolute Gasteiger partial charge is 0.494 e. The molecule has 0 aromatic heterocycles. The number of fused-ring (bicyclic) bond motifs is 1. The quantitative estimate of drug-likeness (QED) is 0.669. The van der Waals surface area contributed by atoms with E-state index in [9.17, 15) is 0 Å². The summed E-state index contributed by atoms with van der Waals surface area (Å²) in [4.78, 5) is 0.468. The molecule has 16 heavy (non-hydrogen) atoms. The molecular formula is C13H16Br2O. The summed E-state index contributed by atoms with van der Waals surface area (Å²) >= 11 is 7.43. The molecule has 0 radical (unpaired) electrons. The van der Waals surface area contributed by atoms with Crippen molar-refractivity contribution in [3.05, 3.63) is 27.7 Å². The van der Waals surface area contributed by atoms with Crippen LogP contribution in [0.2, 0.25) is 0 Å². The molecular weight excluding hydrogens is 332 g/mol. The lowest BCUT2D eigenvalue weighted by Crippen LogP contribution is -2.10. The SMILES string of the molecule is CCOc1cc(Br)c2c(c1)C(Br)CCC2C. The zero-order chi connectivity index (χ0) is 11.7. The van der Waals surface area contributed by atoms with E-state index in [2.05, 4.69) is 50.9 Å². The van der Waals surface area contributed by atoms with Crippen molar-refractivity contribution in [3.63, 3.8) is 0 Å². The normalized spacial score (nSPS) is 24.0. The summed E-state index contributed by atoms with van der Waals surface area (Å²) in [5, 5.41) is 0. The molecule has 0 aliphatic heterocycles. The van der Waals surface area contributed by atoms with Gasteiger partial charge in [0.15, 0.2) is 0 Å². The van der Waals surface area contributed by atoms with Crippen LogP contribution in [0, 0.1) is 0 Å². The van der Waals surface area contributed by atoms with Gasteiger partial charge in [-0.3, -0.25) is 0 Å². The predicted molar refractivity (Wildman–Crippen MR) is 74.6 cm³/mol. The van der Waals surface area contributed by atoms with Crippen LogP contribution < -0.4 is 4.74 Å². The highest BCUT2D eigenvalue weighted by Crippen LogP contribution is 2.46. The van der Waals surface area contributed by atoms with Crippen LogP contribution in [-0.2, 0) is 0 Å². The molecule has 0 heterocycles. The first-order chi connectivity index (χ1) is 7.63. The molecule has 0 saturated carbocycles. The standard InChI is InChI=1S/C13H16Br2O/c1-3-16-9-6-10-11(14)5-4-8(2)13(10)12(15)7-9/h6-8,11H,3-5H2,1-2H3. The molecule has 2 unspecified atom stereocenters. The van der Waals surface area contributed by atoms with Crippen LogP contribution >= 0.6 is 31.9 Å². The van der Waals surface area contributed by atoms with Crippen LogP contribution in [0.1, 0.15) is 48.6 Å². The van der Waals surface area contributed by atoms with Crippen LogP contribution in [0.4, 0.5) is 0 Å². The van der Waals surface area contributed by atoms with Gasteiger partial charge < -0.3 is 4.74 Å². The first-order valence-corrected chi connectivity index (χ1v) is 7.44. The summed E-state index contributed by atoms with van der Waals surface area (Å²) in [6.45, 7) is 5.03. The Labute approximate surface area is 114 Å². The Hall–Kier alpha value is -0.0200. The third kappa shape index (κ3) is 2.30. The first-order valence-electron chi connectivity index (χ1n) is 5.73. The van der Waals surface area contributed by atoms with Gasteiger partial charge in [0.25, 0.3) is 0 Å². The van der Waals surface area contributed by atoms with E-state index < -0.39 is 0 Å². The number of hydrogen-bond donors (Lipinski definition) is 0. The lowest BCUT2D eigenvalue weighted by Gasteiger charge is -2.28. The highest BCUT2D eigenvalue weighted by Gasteiger charge is 2.25. The van der Waals surface area contributed by atoms with Crippen molar-refractivity contribution in [2.45, 2.75) is 37.4 Å². The van der Waals surface area contributed by atoms with Gasteiger partial charge in [-0.1, -0.05) is 38.8 Å². The maximum Gasteiger partial charge on any atom is 0.120 e. The number of halogens is 2. The van der Waals surface area contributed by atoms with Crippen molar-refractivity contribution < 1.29 is 4.74 Å². The monoisotopic (exact) mass is 346 g/mol. The van der Waals surface area contributed by atoms with Gasteiger partial charge >= 0.3 is 0 Å². The second-order valence-electron chi connectivity index (χ2n) is 4.29. The summed E-state index contributed by atoms with van der Waals surface area (Å²) in [6.07, 6.45) is 2.45. The molecule has 2 rings (SSSR count). The Balaban J connectivity index is 2.48. The smallest absolute Gasteiger partial charge is 0.120 e. The summed E-state index contributed by atoms with van der Waals surface area (Å²) in [5.41, 5.74) is 2.83. The molecule has 0 saturated heterocycles. The van der Waals surface area contributed by atoms with E-state index in [4.69, 9.17) is 4.74 Å². The van der Waals surface area contributed by atoms with Crippen molar-refractivity contribution in [3.8, 4) is 5.75 Å². The average molecular weight is 348 g/mol. The molecule has 2 atom stereocenters. The van der Waals surface area contributed by atoms with Crippen LogP contribution in [0.3, 0.4) is 0 Å². The van der Waals surface area contributed by atoms with Gasteiger partial charge in [-0.05, 0) is 48.9 Å². The minimum atomic E-state index is 0.468. The van der Waals surface area contributed by atoms with Crippen molar-refractivity contribution in [1.82, 2.24) is 0 Å². The summed E-state index contributed by atoms with van der Waals surface area (Å²) in [5.74, 6) is 1.60. The van der Waals surface area contributed by atoms with Crippen molar-refractivity contribution >= 4 is 31.9 Å². The van der Waals surface area contributed by atoms with Crippen LogP contribution in [0.5, 0.6) is 5.75 Å². The highest BCUT2D eigenvalue weighted by molar-refractivity contribution is 9.10. The number of rotatable bonds is 2. The maximum absolute atomic E-state index is 5.59. The van der Waals surface area contributed by atoms with E-state index in [-0.39, 0.29) is 0 Å². The molecule has 1 aliphatic carbocycles. The minimum absolute atomic E-state index is 0.468. The van der Waals surface area contributed by atoms with Crippen LogP contribution in [0.15, 0.2) is 16.6 Å². The van der Waals surface area contributed by atoms with E-state index in [1.165, 1.54) is 28.4 Å². The second-order valence-corrected chi connectivity index (χ2v) is 6.25. The molecule has 0 N–H and O–H groups in total. The minimum Gasteiger partial charge on any atom is -0.494 e. The van der Waals surface area contributed by atoms with Gasteiger partial charge in [-0.25, -0.2) is 0 Å².